The van der Waals surface area contributed by atoms with E-state index in [0.717, 1.165) is 33.8 Å². The van der Waals surface area contributed by atoms with Crippen molar-refractivity contribution in [3.05, 3.63) is 119 Å². The number of nitrogens with zero attached hydrogens (tertiary/aromatic N) is 2. The van der Waals surface area contributed by atoms with Crippen LogP contribution in [-0.2, 0) is 6.54 Å². The van der Waals surface area contributed by atoms with E-state index in [-0.39, 0.29) is 12.1 Å². The molecule has 0 saturated carbocycles. The standard InChI is InChI=1S/C26H22ClN3O/c1-18-6-4-8-22(16-18)28-26(31)30-17-20-7-2-3-9-23(20)29-15-5-10-24(29)25(30)19-11-13-21(27)14-12-19/h2-16,25H,17H2,1H3,(H,28,31)/t25-/m1/s1. The van der Waals surface area contributed by atoms with E-state index >= 15 is 0 Å². The third-order valence-electron chi connectivity index (χ3n) is 5.68. The molecular weight excluding hydrogens is 406 g/mol. The number of carbonyl (C=O) groups excluding carboxylic acids is 1. The number of hydrogen-bond acceptors (Lipinski definition) is 1. The van der Waals surface area contributed by atoms with Crippen LogP contribution in [0.2, 0.25) is 5.02 Å². The minimum Gasteiger partial charge on any atom is -0.318 e. The highest BCUT2D eigenvalue weighted by molar-refractivity contribution is 6.30. The summed E-state index contributed by atoms with van der Waals surface area (Å²) in [4.78, 5) is 15.5. The molecule has 154 valence electrons. The zero-order chi connectivity index (χ0) is 21.4. The molecule has 3 aromatic carbocycles. The van der Waals surface area contributed by atoms with Crippen molar-refractivity contribution in [2.75, 3.05) is 5.32 Å². The summed E-state index contributed by atoms with van der Waals surface area (Å²) >= 11 is 6.16. The Morgan fingerprint density at radius 3 is 2.58 bits per heavy atom. The molecule has 0 bridgehead atoms. The van der Waals surface area contributed by atoms with Crippen LogP contribution in [0.25, 0.3) is 5.69 Å². The summed E-state index contributed by atoms with van der Waals surface area (Å²) in [5, 5.41) is 3.77. The lowest BCUT2D eigenvalue weighted by Crippen LogP contribution is -2.37. The third kappa shape index (κ3) is 3.71. The third-order valence-corrected chi connectivity index (χ3v) is 5.93. The molecule has 5 rings (SSSR count). The Bertz CT molecular complexity index is 1250. The maximum absolute atomic E-state index is 13.6. The van der Waals surface area contributed by atoms with E-state index in [1.165, 1.54) is 0 Å². The van der Waals surface area contributed by atoms with E-state index in [1.54, 1.807) is 0 Å². The second-order valence-corrected chi connectivity index (χ2v) is 8.25. The molecule has 1 aliphatic rings. The van der Waals surface area contributed by atoms with Crippen LogP contribution in [0.5, 0.6) is 0 Å². The molecular formula is C26H22ClN3O. The predicted molar refractivity (Wildman–Crippen MR) is 125 cm³/mol. The van der Waals surface area contributed by atoms with E-state index in [0.29, 0.717) is 11.6 Å². The van der Waals surface area contributed by atoms with Gasteiger partial charge in [-0.15, -0.1) is 0 Å². The topological polar surface area (TPSA) is 37.3 Å². The lowest BCUT2D eigenvalue weighted by Gasteiger charge is -2.31. The molecule has 0 saturated heterocycles. The fourth-order valence-electron chi connectivity index (χ4n) is 4.25. The predicted octanol–water partition coefficient (Wildman–Crippen LogP) is 6.58. The monoisotopic (exact) mass is 427 g/mol. The van der Waals surface area contributed by atoms with Crippen LogP contribution in [0.1, 0.15) is 28.4 Å². The molecule has 31 heavy (non-hydrogen) atoms. The number of fused-ring (bicyclic) bond motifs is 3. The zero-order valence-electron chi connectivity index (χ0n) is 17.1. The number of rotatable bonds is 2. The minimum absolute atomic E-state index is 0.144. The molecule has 0 radical (unpaired) electrons. The number of nitrogens with one attached hydrogen (secondary N) is 1. The Balaban J connectivity index is 1.63. The highest BCUT2D eigenvalue weighted by atomic mass is 35.5. The van der Waals surface area contributed by atoms with Crippen molar-refractivity contribution in [2.45, 2.75) is 19.5 Å². The van der Waals surface area contributed by atoms with Gasteiger partial charge in [-0.2, -0.15) is 0 Å². The number of halogens is 1. The van der Waals surface area contributed by atoms with Gasteiger partial charge in [-0.05, 0) is 66.1 Å². The molecule has 1 atom stereocenters. The lowest BCUT2D eigenvalue weighted by atomic mass is 10.0. The Morgan fingerprint density at radius 1 is 0.968 bits per heavy atom. The molecule has 2 heterocycles. The van der Waals surface area contributed by atoms with E-state index < -0.39 is 0 Å². The molecule has 0 spiro atoms. The van der Waals surface area contributed by atoms with Crippen LogP contribution in [0, 0.1) is 6.92 Å². The van der Waals surface area contributed by atoms with E-state index in [4.69, 9.17) is 11.6 Å². The summed E-state index contributed by atoms with van der Waals surface area (Å²) in [6.45, 7) is 2.50. The highest BCUT2D eigenvalue weighted by Gasteiger charge is 2.32. The summed E-state index contributed by atoms with van der Waals surface area (Å²) in [5.74, 6) is 0. The zero-order valence-corrected chi connectivity index (χ0v) is 17.9. The van der Waals surface area contributed by atoms with Crippen LogP contribution in [-0.4, -0.2) is 15.5 Å². The number of urea groups is 1. The maximum Gasteiger partial charge on any atom is 0.322 e. The molecule has 4 aromatic rings. The fourth-order valence-corrected chi connectivity index (χ4v) is 4.38. The Hall–Kier alpha value is -3.50. The van der Waals surface area contributed by atoms with Gasteiger partial charge in [0, 0.05) is 22.6 Å². The number of aryl methyl sites for hydroxylation is 1. The van der Waals surface area contributed by atoms with Crippen molar-refractivity contribution in [2.24, 2.45) is 0 Å². The molecule has 0 aliphatic carbocycles. The summed E-state index contributed by atoms with van der Waals surface area (Å²) < 4.78 is 2.18. The van der Waals surface area contributed by atoms with Crippen molar-refractivity contribution in [3.63, 3.8) is 0 Å². The smallest absolute Gasteiger partial charge is 0.318 e. The van der Waals surface area contributed by atoms with Gasteiger partial charge in [0.2, 0.25) is 0 Å². The van der Waals surface area contributed by atoms with E-state index in [2.05, 4.69) is 34.3 Å². The van der Waals surface area contributed by atoms with Crippen molar-refractivity contribution in [1.82, 2.24) is 9.47 Å². The van der Waals surface area contributed by atoms with Crippen LogP contribution < -0.4 is 5.32 Å². The lowest BCUT2D eigenvalue weighted by molar-refractivity contribution is 0.194. The SMILES string of the molecule is Cc1cccc(NC(=O)N2Cc3ccccc3-n3cccc3[C@H]2c2ccc(Cl)cc2)c1. The van der Waals surface area contributed by atoms with Gasteiger partial charge in [-0.25, -0.2) is 4.79 Å². The molecule has 1 aromatic heterocycles. The second kappa shape index (κ2) is 7.97. The molecule has 1 aliphatic heterocycles. The van der Waals surface area contributed by atoms with Crippen molar-refractivity contribution >= 4 is 23.3 Å². The number of aromatic nitrogens is 1. The van der Waals surface area contributed by atoms with Gasteiger partial charge in [0.05, 0.1) is 18.3 Å². The first-order valence-electron chi connectivity index (χ1n) is 10.3. The van der Waals surface area contributed by atoms with Crippen molar-refractivity contribution < 1.29 is 4.79 Å². The van der Waals surface area contributed by atoms with E-state index in [9.17, 15) is 4.79 Å². The summed E-state index contributed by atoms with van der Waals surface area (Å²) in [5.41, 5.74) is 6.11. The molecule has 0 unspecified atom stereocenters. The Morgan fingerprint density at radius 2 is 1.77 bits per heavy atom. The van der Waals surface area contributed by atoms with Gasteiger partial charge >= 0.3 is 6.03 Å². The quantitative estimate of drug-likeness (QED) is 0.385. The molecule has 0 fully saturated rings. The number of anilines is 1. The van der Waals surface area contributed by atoms with Crippen LogP contribution in [0.15, 0.2) is 91.1 Å². The largest absolute Gasteiger partial charge is 0.322 e. The molecule has 4 nitrogen and oxygen atoms in total. The summed E-state index contributed by atoms with van der Waals surface area (Å²) in [6.07, 6.45) is 2.05. The van der Waals surface area contributed by atoms with E-state index in [1.807, 2.05) is 78.6 Å². The van der Waals surface area contributed by atoms with Crippen LogP contribution >= 0.6 is 11.6 Å². The summed E-state index contributed by atoms with van der Waals surface area (Å²) in [6, 6.07) is 27.5. The number of para-hydroxylation sites is 1. The number of carbonyl (C=O) groups is 1. The number of hydrogen-bond donors (Lipinski definition) is 1. The first-order valence-corrected chi connectivity index (χ1v) is 10.6. The average Bonchev–Trinajstić information content (AvgIpc) is 3.19. The minimum atomic E-state index is -0.260. The maximum atomic E-state index is 13.6. The normalized spacial score (nSPS) is 15.0. The van der Waals surface area contributed by atoms with Gasteiger partial charge in [0.15, 0.2) is 0 Å². The number of benzene rings is 3. The fraction of sp³-hybridized carbons (Fsp3) is 0.115. The van der Waals surface area contributed by atoms with Gasteiger partial charge in [0.25, 0.3) is 0 Å². The highest BCUT2D eigenvalue weighted by Crippen LogP contribution is 2.37. The average molecular weight is 428 g/mol. The second-order valence-electron chi connectivity index (χ2n) is 7.81. The van der Waals surface area contributed by atoms with Gasteiger partial charge in [-0.3, -0.25) is 0 Å². The molecule has 1 N–H and O–H groups in total. The molecule has 2 amide bonds. The van der Waals surface area contributed by atoms with Crippen LogP contribution in [0.4, 0.5) is 10.5 Å². The van der Waals surface area contributed by atoms with Gasteiger partial charge in [-0.1, -0.05) is 54.1 Å². The first kappa shape index (κ1) is 19.5. The van der Waals surface area contributed by atoms with Gasteiger partial charge < -0.3 is 14.8 Å². The van der Waals surface area contributed by atoms with Crippen molar-refractivity contribution in [1.29, 1.82) is 0 Å². The number of amides is 2. The molecule has 5 heteroatoms. The first-order chi connectivity index (χ1) is 15.1. The van der Waals surface area contributed by atoms with Gasteiger partial charge in [0.1, 0.15) is 0 Å². The van der Waals surface area contributed by atoms with Crippen molar-refractivity contribution in [3.8, 4) is 5.69 Å². The van der Waals surface area contributed by atoms with Crippen LogP contribution in [0.3, 0.4) is 0 Å². The Labute approximate surface area is 186 Å². The summed E-state index contributed by atoms with van der Waals surface area (Å²) in [7, 11) is 0. The Kier molecular flexibility index (Phi) is 5.00.